The summed E-state index contributed by atoms with van der Waals surface area (Å²) in [5.74, 6) is -0.417. The maximum Gasteiger partial charge on any atom is 0.306 e. The van der Waals surface area contributed by atoms with E-state index in [2.05, 4.69) is 0 Å². The second kappa shape index (κ2) is 7.38. The minimum atomic E-state index is -0.392. The van der Waals surface area contributed by atoms with Gasteiger partial charge in [0.05, 0.1) is 11.3 Å². The number of esters is 1. The summed E-state index contributed by atoms with van der Waals surface area (Å²) in [7, 11) is 0. The molecular formula is C16H15ClO3S. The summed E-state index contributed by atoms with van der Waals surface area (Å²) in [4.78, 5) is 25.3. The Morgan fingerprint density at radius 1 is 1.14 bits per heavy atom. The summed E-state index contributed by atoms with van der Waals surface area (Å²) < 4.78 is 5.13. The van der Waals surface area contributed by atoms with Gasteiger partial charge in [-0.05, 0) is 25.1 Å². The van der Waals surface area contributed by atoms with Crippen LogP contribution >= 0.6 is 22.9 Å². The maximum absolute atomic E-state index is 11.9. The van der Waals surface area contributed by atoms with Crippen LogP contribution in [0.2, 0.25) is 5.02 Å². The lowest BCUT2D eigenvalue weighted by molar-refractivity contribution is -0.144. The molecular weight excluding hydrogens is 308 g/mol. The molecule has 0 amide bonds. The first-order valence-corrected chi connectivity index (χ1v) is 7.74. The number of carbonyl (C=O) groups excluding carboxylic acids is 2. The van der Waals surface area contributed by atoms with E-state index >= 15 is 0 Å². The monoisotopic (exact) mass is 322 g/mol. The van der Waals surface area contributed by atoms with E-state index in [1.54, 1.807) is 18.2 Å². The van der Waals surface area contributed by atoms with Crippen molar-refractivity contribution >= 4 is 34.7 Å². The van der Waals surface area contributed by atoms with Gasteiger partial charge in [0.1, 0.15) is 6.61 Å². The molecule has 0 aliphatic carbocycles. The van der Waals surface area contributed by atoms with Gasteiger partial charge in [0.25, 0.3) is 0 Å². The summed E-state index contributed by atoms with van der Waals surface area (Å²) in [6, 6.07) is 10.9. The number of hydrogen-bond donors (Lipinski definition) is 0. The molecule has 0 saturated heterocycles. The second-order valence-electron chi connectivity index (χ2n) is 4.59. The fourth-order valence-corrected chi connectivity index (χ4v) is 2.79. The third-order valence-corrected chi connectivity index (χ3v) is 4.33. The van der Waals surface area contributed by atoms with E-state index in [9.17, 15) is 9.59 Å². The molecule has 2 rings (SSSR count). The minimum absolute atomic E-state index is 0.0252. The lowest BCUT2D eigenvalue weighted by Gasteiger charge is -2.06. The zero-order valence-electron chi connectivity index (χ0n) is 11.6. The van der Waals surface area contributed by atoms with Crippen molar-refractivity contribution in [3.05, 3.63) is 56.7 Å². The van der Waals surface area contributed by atoms with Crippen LogP contribution in [-0.4, -0.2) is 11.8 Å². The third-order valence-electron chi connectivity index (χ3n) is 2.92. The number of ketones is 1. The molecule has 2 aromatic rings. The van der Waals surface area contributed by atoms with E-state index in [1.165, 1.54) is 11.3 Å². The van der Waals surface area contributed by atoms with Crippen LogP contribution in [0, 0.1) is 6.92 Å². The Balaban J connectivity index is 1.78. The zero-order valence-corrected chi connectivity index (χ0v) is 13.2. The number of halogens is 1. The number of carbonyl (C=O) groups is 2. The largest absolute Gasteiger partial charge is 0.461 e. The van der Waals surface area contributed by atoms with E-state index in [4.69, 9.17) is 16.3 Å². The molecule has 110 valence electrons. The lowest BCUT2D eigenvalue weighted by Crippen LogP contribution is -2.07. The van der Waals surface area contributed by atoms with E-state index in [1.807, 2.05) is 25.1 Å². The molecule has 0 unspecified atom stereocenters. The van der Waals surface area contributed by atoms with Crippen LogP contribution in [0.4, 0.5) is 0 Å². The van der Waals surface area contributed by atoms with Gasteiger partial charge >= 0.3 is 5.97 Å². The Labute approximate surface area is 132 Å². The Hall–Kier alpha value is -1.65. The lowest BCUT2D eigenvalue weighted by atomic mass is 10.2. The quantitative estimate of drug-likeness (QED) is 0.584. The summed E-state index contributed by atoms with van der Waals surface area (Å²) >= 11 is 7.41. The van der Waals surface area contributed by atoms with Crippen LogP contribution in [0.15, 0.2) is 36.4 Å². The highest BCUT2D eigenvalue weighted by Crippen LogP contribution is 2.18. The molecule has 0 radical (unpaired) electrons. The first kappa shape index (κ1) is 15.7. The molecule has 1 aromatic carbocycles. The standard InChI is InChI=1S/C16H15ClO3S/c1-11-6-8-15(21-11)14(18)7-9-16(19)20-10-12-4-2-3-5-13(12)17/h2-6,8H,7,9-10H2,1H3. The van der Waals surface area contributed by atoms with Gasteiger partial charge in [0.2, 0.25) is 0 Å². The van der Waals surface area contributed by atoms with Crippen molar-refractivity contribution < 1.29 is 14.3 Å². The smallest absolute Gasteiger partial charge is 0.306 e. The van der Waals surface area contributed by atoms with Gasteiger partial charge in [-0.3, -0.25) is 9.59 Å². The van der Waals surface area contributed by atoms with Crippen molar-refractivity contribution in [3.63, 3.8) is 0 Å². The summed E-state index contributed by atoms with van der Waals surface area (Å²) in [6.07, 6.45) is 0.252. The van der Waals surface area contributed by atoms with Gasteiger partial charge in [-0.25, -0.2) is 0 Å². The summed E-state index contributed by atoms with van der Waals surface area (Å²) in [5, 5.41) is 0.565. The van der Waals surface area contributed by atoms with Crippen molar-refractivity contribution in [1.82, 2.24) is 0 Å². The molecule has 5 heteroatoms. The van der Waals surface area contributed by atoms with E-state index in [0.29, 0.717) is 9.90 Å². The van der Waals surface area contributed by atoms with Crippen molar-refractivity contribution in [2.75, 3.05) is 0 Å². The molecule has 1 aromatic heterocycles. The minimum Gasteiger partial charge on any atom is -0.461 e. The van der Waals surface area contributed by atoms with Crippen molar-refractivity contribution in [3.8, 4) is 0 Å². The van der Waals surface area contributed by atoms with Crippen LogP contribution in [-0.2, 0) is 16.1 Å². The Morgan fingerprint density at radius 2 is 1.90 bits per heavy atom. The van der Waals surface area contributed by atoms with Crippen LogP contribution in [0.1, 0.15) is 33.0 Å². The SMILES string of the molecule is Cc1ccc(C(=O)CCC(=O)OCc2ccccc2Cl)s1. The van der Waals surface area contributed by atoms with Crippen LogP contribution < -0.4 is 0 Å². The van der Waals surface area contributed by atoms with Crippen LogP contribution in [0.3, 0.4) is 0 Å². The molecule has 0 N–H and O–H groups in total. The van der Waals surface area contributed by atoms with Crippen LogP contribution in [0.25, 0.3) is 0 Å². The Morgan fingerprint density at radius 3 is 2.57 bits per heavy atom. The number of hydrogen-bond acceptors (Lipinski definition) is 4. The van der Waals surface area contributed by atoms with Crippen molar-refractivity contribution in [2.24, 2.45) is 0 Å². The number of rotatable bonds is 6. The van der Waals surface area contributed by atoms with Gasteiger partial charge in [0.15, 0.2) is 5.78 Å². The second-order valence-corrected chi connectivity index (χ2v) is 6.28. The van der Waals surface area contributed by atoms with Crippen molar-refractivity contribution in [1.29, 1.82) is 0 Å². The molecule has 3 nitrogen and oxygen atoms in total. The number of Topliss-reactive ketones (excluding diaryl/α,β-unsaturated/α-hetero) is 1. The van der Waals surface area contributed by atoms with Gasteiger partial charge < -0.3 is 4.74 Å². The Kier molecular flexibility index (Phi) is 5.53. The molecule has 0 bridgehead atoms. The third kappa shape index (κ3) is 4.69. The summed E-state index contributed by atoms with van der Waals surface area (Å²) in [5.41, 5.74) is 0.757. The van der Waals surface area contributed by atoms with E-state index in [0.717, 1.165) is 10.4 Å². The molecule has 1 heterocycles. The van der Waals surface area contributed by atoms with Crippen molar-refractivity contribution in [2.45, 2.75) is 26.4 Å². The first-order valence-electron chi connectivity index (χ1n) is 6.55. The number of aryl methyl sites for hydroxylation is 1. The number of ether oxygens (including phenoxy) is 1. The zero-order chi connectivity index (χ0) is 15.2. The Bertz CT molecular complexity index is 648. The average molecular weight is 323 g/mol. The predicted molar refractivity (Wildman–Crippen MR) is 83.9 cm³/mol. The summed E-state index contributed by atoms with van der Waals surface area (Å²) in [6.45, 7) is 2.07. The van der Waals surface area contributed by atoms with Gasteiger partial charge in [-0.2, -0.15) is 0 Å². The molecule has 21 heavy (non-hydrogen) atoms. The predicted octanol–water partition coefficient (Wildman–Crippen LogP) is 4.42. The molecule has 0 aliphatic heterocycles. The van der Waals surface area contributed by atoms with Gasteiger partial charge in [-0.15, -0.1) is 11.3 Å². The maximum atomic E-state index is 11.9. The van der Waals surface area contributed by atoms with Gasteiger partial charge in [-0.1, -0.05) is 29.8 Å². The normalized spacial score (nSPS) is 10.4. The first-order chi connectivity index (χ1) is 10.1. The topological polar surface area (TPSA) is 43.4 Å². The highest BCUT2D eigenvalue weighted by molar-refractivity contribution is 7.14. The van der Waals surface area contributed by atoms with E-state index in [-0.39, 0.29) is 25.2 Å². The molecule has 0 atom stereocenters. The molecule has 0 saturated carbocycles. The highest BCUT2D eigenvalue weighted by atomic mass is 35.5. The number of thiophene rings is 1. The average Bonchev–Trinajstić information content (AvgIpc) is 2.90. The highest BCUT2D eigenvalue weighted by Gasteiger charge is 2.12. The van der Waals surface area contributed by atoms with Gasteiger partial charge in [0, 0.05) is 21.9 Å². The van der Waals surface area contributed by atoms with Crippen LogP contribution in [0.5, 0.6) is 0 Å². The molecule has 0 aliphatic rings. The fraction of sp³-hybridized carbons (Fsp3) is 0.250. The van der Waals surface area contributed by atoms with E-state index < -0.39 is 5.97 Å². The molecule has 0 spiro atoms. The number of benzene rings is 1. The molecule has 0 fully saturated rings. The fourth-order valence-electron chi connectivity index (χ4n) is 1.77.